The van der Waals surface area contributed by atoms with E-state index in [1.807, 2.05) is 0 Å². The van der Waals surface area contributed by atoms with Gasteiger partial charge in [0, 0.05) is 18.0 Å². The molecule has 0 saturated heterocycles. The molecule has 0 saturated carbocycles. The van der Waals surface area contributed by atoms with Crippen molar-refractivity contribution in [2.75, 3.05) is 5.32 Å². The molecule has 0 spiro atoms. The van der Waals surface area contributed by atoms with E-state index in [0.717, 1.165) is 12.1 Å². The third kappa shape index (κ3) is 3.39. The quantitative estimate of drug-likeness (QED) is 0.727. The van der Waals surface area contributed by atoms with E-state index < -0.39 is 17.6 Å². The topological polar surface area (TPSA) is 37.8 Å². The van der Waals surface area contributed by atoms with Crippen LogP contribution in [0.5, 0.6) is 0 Å². The van der Waals surface area contributed by atoms with Crippen LogP contribution in [0, 0.1) is 5.82 Å². The fraction of sp³-hybridized carbons (Fsp3) is 0.125. The molecule has 0 atom stereocenters. The number of nitrogens with zero attached hydrogens (tertiary/aromatic N) is 2. The summed E-state index contributed by atoms with van der Waals surface area (Å²) in [5.41, 5.74) is 0.187. The maximum absolute atomic E-state index is 13.2. The highest BCUT2D eigenvalue weighted by Gasteiger charge is 2.30. The largest absolute Gasteiger partial charge is 0.416 e. The number of nitrogens with one attached hydrogen (secondary N) is 1. The zero-order valence-electron chi connectivity index (χ0n) is 11.7. The van der Waals surface area contributed by atoms with Gasteiger partial charge in [0.2, 0.25) is 0 Å². The van der Waals surface area contributed by atoms with Crippen molar-refractivity contribution in [3.05, 3.63) is 65.7 Å². The van der Waals surface area contributed by atoms with E-state index in [2.05, 4.69) is 15.3 Å². The van der Waals surface area contributed by atoms with Crippen molar-refractivity contribution < 1.29 is 17.6 Å². The lowest BCUT2D eigenvalue weighted by molar-refractivity contribution is -0.137. The molecule has 3 rings (SSSR count). The molecule has 118 valence electrons. The third-order valence-corrected chi connectivity index (χ3v) is 3.31. The van der Waals surface area contributed by atoms with Crippen LogP contribution in [0.15, 0.2) is 48.8 Å². The molecule has 0 aliphatic carbocycles. The van der Waals surface area contributed by atoms with Crippen molar-refractivity contribution >= 4 is 16.7 Å². The molecule has 1 aromatic heterocycles. The van der Waals surface area contributed by atoms with Crippen molar-refractivity contribution in [1.82, 2.24) is 9.97 Å². The molecule has 0 aliphatic heterocycles. The number of aromatic nitrogens is 2. The fourth-order valence-electron chi connectivity index (χ4n) is 2.21. The van der Waals surface area contributed by atoms with E-state index in [0.29, 0.717) is 22.3 Å². The number of hydrogen-bond donors (Lipinski definition) is 1. The van der Waals surface area contributed by atoms with E-state index in [1.54, 1.807) is 6.07 Å². The Morgan fingerprint density at radius 2 is 1.83 bits per heavy atom. The predicted octanol–water partition coefficient (Wildman–Crippen LogP) is 4.40. The number of rotatable bonds is 3. The normalized spacial score (nSPS) is 11.7. The Morgan fingerprint density at radius 3 is 2.61 bits per heavy atom. The number of hydrogen-bond acceptors (Lipinski definition) is 3. The van der Waals surface area contributed by atoms with Gasteiger partial charge in [0.15, 0.2) is 0 Å². The highest BCUT2D eigenvalue weighted by molar-refractivity contribution is 5.88. The van der Waals surface area contributed by atoms with Gasteiger partial charge in [0.05, 0.1) is 11.1 Å². The van der Waals surface area contributed by atoms with Crippen LogP contribution in [0.4, 0.5) is 23.4 Å². The molecule has 3 nitrogen and oxygen atoms in total. The Hall–Kier alpha value is -2.70. The Kier molecular flexibility index (Phi) is 3.85. The van der Waals surface area contributed by atoms with Crippen LogP contribution in [0.3, 0.4) is 0 Å². The first kappa shape index (κ1) is 15.2. The van der Waals surface area contributed by atoms with Gasteiger partial charge in [-0.05, 0) is 29.8 Å². The van der Waals surface area contributed by atoms with Crippen LogP contribution in [0.25, 0.3) is 10.9 Å². The molecule has 0 amide bonds. The first-order valence-electron chi connectivity index (χ1n) is 6.74. The molecule has 3 aromatic rings. The van der Waals surface area contributed by atoms with Crippen LogP contribution in [0.2, 0.25) is 0 Å². The van der Waals surface area contributed by atoms with E-state index >= 15 is 0 Å². The van der Waals surface area contributed by atoms with E-state index in [9.17, 15) is 17.6 Å². The SMILES string of the molecule is Fc1ccc2c(NCc3cccc(C(F)(F)F)c3)ncnc2c1. The fourth-order valence-corrected chi connectivity index (χ4v) is 2.21. The van der Waals surface area contributed by atoms with Crippen LogP contribution >= 0.6 is 0 Å². The molecule has 0 radical (unpaired) electrons. The van der Waals surface area contributed by atoms with E-state index in [-0.39, 0.29) is 6.54 Å². The van der Waals surface area contributed by atoms with Crippen LogP contribution in [0.1, 0.15) is 11.1 Å². The maximum atomic E-state index is 13.2. The van der Waals surface area contributed by atoms with Crippen molar-refractivity contribution in [1.29, 1.82) is 0 Å². The zero-order chi connectivity index (χ0) is 16.4. The van der Waals surface area contributed by atoms with E-state index in [1.165, 1.54) is 30.6 Å². The molecular weight excluding hydrogens is 310 g/mol. The van der Waals surface area contributed by atoms with Gasteiger partial charge < -0.3 is 5.32 Å². The first-order valence-corrected chi connectivity index (χ1v) is 6.74. The zero-order valence-corrected chi connectivity index (χ0v) is 11.7. The standard InChI is InChI=1S/C16H11F4N3/c17-12-4-5-13-14(7-12)22-9-23-15(13)21-8-10-2-1-3-11(6-10)16(18,19)20/h1-7,9H,8H2,(H,21,22,23). The number of fused-ring (bicyclic) bond motifs is 1. The second kappa shape index (κ2) is 5.83. The molecule has 0 aliphatic rings. The van der Waals surface area contributed by atoms with Gasteiger partial charge in [-0.15, -0.1) is 0 Å². The molecule has 1 N–H and O–H groups in total. The summed E-state index contributed by atoms with van der Waals surface area (Å²) in [6, 6.07) is 9.12. The summed E-state index contributed by atoms with van der Waals surface area (Å²) in [6.07, 6.45) is -3.11. The summed E-state index contributed by atoms with van der Waals surface area (Å²) < 4.78 is 51.3. The summed E-state index contributed by atoms with van der Waals surface area (Å²) in [7, 11) is 0. The summed E-state index contributed by atoms with van der Waals surface area (Å²) in [6.45, 7) is 0.160. The summed E-state index contributed by atoms with van der Waals surface area (Å²) in [5, 5.41) is 3.56. The summed E-state index contributed by atoms with van der Waals surface area (Å²) >= 11 is 0. The molecular formula is C16H11F4N3. The average molecular weight is 321 g/mol. The molecule has 23 heavy (non-hydrogen) atoms. The van der Waals surface area contributed by atoms with Crippen molar-refractivity contribution in [3.8, 4) is 0 Å². The van der Waals surface area contributed by atoms with Crippen LogP contribution < -0.4 is 5.32 Å². The highest BCUT2D eigenvalue weighted by Crippen LogP contribution is 2.29. The van der Waals surface area contributed by atoms with Crippen molar-refractivity contribution in [3.63, 3.8) is 0 Å². The Balaban J connectivity index is 1.84. The summed E-state index contributed by atoms with van der Waals surface area (Å²) in [5.74, 6) is 0.0208. The second-order valence-corrected chi connectivity index (χ2v) is 4.94. The van der Waals surface area contributed by atoms with Gasteiger partial charge in [-0.3, -0.25) is 0 Å². The monoisotopic (exact) mass is 321 g/mol. The van der Waals surface area contributed by atoms with Crippen LogP contribution in [-0.2, 0) is 12.7 Å². The van der Waals surface area contributed by atoms with Gasteiger partial charge in [0.25, 0.3) is 0 Å². The second-order valence-electron chi connectivity index (χ2n) is 4.94. The number of benzene rings is 2. The highest BCUT2D eigenvalue weighted by atomic mass is 19.4. The average Bonchev–Trinajstić information content (AvgIpc) is 2.52. The molecule has 7 heteroatoms. The number of anilines is 1. The Morgan fingerprint density at radius 1 is 1.00 bits per heavy atom. The smallest absolute Gasteiger partial charge is 0.365 e. The van der Waals surface area contributed by atoms with Crippen LogP contribution in [-0.4, -0.2) is 9.97 Å². The molecule has 2 aromatic carbocycles. The van der Waals surface area contributed by atoms with Gasteiger partial charge in [0.1, 0.15) is 18.0 Å². The minimum atomic E-state index is -4.38. The van der Waals surface area contributed by atoms with Crippen molar-refractivity contribution in [2.24, 2.45) is 0 Å². The van der Waals surface area contributed by atoms with E-state index in [4.69, 9.17) is 0 Å². The lowest BCUT2D eigenvalue weighted by Gasteiger charge is -2.11. The first-order chi connectivity index (χ1) is 10.9. The number of halogens is 4. The van der Waals surface area contributed by atoms with Crippen molar-refractivity contribution in [2.45, 2.75) is 12.7 Å². The van der Waals surface area contributed by atoms with Gasteiger partial charge in [-0.2, -0.15) is 13.2 Å². The minimum absolute atomic E-state index is 0.160. The Bertz CT molecular complexity index is 846. The minimum Gasteiger partial charge on any atom is -0.365 e. The molecule has 0 bridgehead atoms. The summed E-state index contributed by atoms with van der Waals surface area (Å²) in [4.78, 5) is 8.02. The van der Waals surface area contributed by atoms with Gasteiger partial charge in [-0.25, -0.2) is 14.4 Å². The Labute approximate surface area is 129 Å². The lowest BCUT2D eigenvalue weighted by Crippen LogP contribution is -2.07. The maximum Gasteiger partial charge on any atom is 0.416 e. The molecule has 1 heterocycles. The van der Waals surface area contributed by atoms with Gasteiger partial charge in [-0.1, -0.05) is 12.1 Å². The van der Waals surface area contributed by atoms with Gasteiger partial charge >= 0.3 is 6.18 Å². The third-order valence-electron chi connectivity index (χ3n) is 3.31. The lowest BCUT2D eigenvalue weighted by atomic mass is 10.1. The molecule has 0 fully saturated rings. The predicted molar refractivity (Wildman–Crippen MR) is 78.3 cm³/mol. The molecule has 0 unspecified atom stereocenters. The number of alkyl halides is 3.